The fourth-order valence-corrected chi connectivity index (χ4v) is 2.02. The zero-order valence-electron chi connectivity index (χ0n) is 7.80. The topological polar surface area (TPSA) is 52.6 Å². The van der Waals surface area contributed by atoms with Crippen LogP contribution in [0.15, 0.2) is 35.6 Å². The highest BCUT2D eigenvalue weighted by Gasteiger charge is 2.44. The lowest BCUT2D eigenvalue weighted by Crippen LogP contribution is -2.39. The molecular formula is C11H8O4. The first-order chi connectivity index (χ1) is 7.25. The average Bonchev–Trinajstić information content (AvgIpc) is 2.59. The first-order valence-electron chi connectivity index (χ1n) is 4.71. The molecule has 3 aliphatic rings. The summed E-state index contributed by atoms with van der Waals surface area (Å²) in [6.07, 6.45) is 5.74. The molecule has 0 amide bonds. The van der Waals surface area contributed by atoms with Crippen molar-refractivity contribution in [2.24, 2.45) is 0 Å². The summed E-state index contributed by atoms with van der Waals surface area (Å²) >= 11 is 0. The molecule has 0 aromatic carbocycles. The summed E-state index contributed by atoms with van der Waals surface area (Å²) in [5.74, 6) is -0.527. The van der Waals surface area contributed by atoms with E-state index in [9.17, 15) is 9.59 Å². The van der Waals surface area contributed by atoms with Crippen LogP contribution in [0.3, 0.4) is 0 Å². The molecule has 0 spiro atoms. The zero-order valence-corrected chi connectivity index (χ0v) is 7.80. The van der Waals surface area contributed by atoms with Gasteiger partial charge in [0.1, 0.15) is 0 Å². The lowest BCUT2D eigenvalue weighted by atomic mass is 9.88. The highest BCUT2D eigenvalue weighted by atomic mass is 16.6. The first kappa shape index (κ1) is 8.47. The maximum atomic E-state index is 11.9. The molecule has 15 heavy (non-hydrogen) atoms. The maximum Gasteiger partial charge on any atom is 0.311 e. The fourth-order valence-electron chi connectivity index (χ4n) is 2.02. The van der Waals surface area contributed by atoms with E-state index >= 15 is 0 Å². The number of esters is 1. The van der Waals surface area contributed by atoms with E-state index in [4.69, 9.17) is 9.47 Å². The maximum absolute atomic E-state index is 11.9. The molecule has 1 fully saturated rings. The number of hydrogen-bond acceptors (Lipinski definition) is 4. The second-order valence-corrected chi connectivity index (χ2v) is 3.68. The van der Waals surface area contributed by atoms with Crippen molar-refractivity contribution >= 4 is 11.8 Å². The van der Waals surface area contributed by atoms with Gasteiger partial charge in [-0.3, -0.25) is 9.59 Å². The minimum Gasteiger partial charge on any atom is -0.485 e. The van der Waals surface area contributed by atoms with Crippen molar-refractivity contribution in [2.45, 2.75) is 18.6 Å². The van der Waals surface area contributed by atoms with Crippen LogP contribution in [0.4, 0.5) is 0 Å². The van der Waals surface area contributed by atoms with Crippen LogP contribution in [-0.2, 0) is 19.1 Å². The number of carbonyl (C=O) groups excluding carboxylic acids is 2. The summed E-state index contributed by atoms with van der Waals surface area (Å²) in [5, 5.41) is 0. The Morgan fingerprint density at radius 3 is 3.00 bits per heavy atom. The minimum atomic E-state index is -0.717. The molecule has 2 heterocycles. The van der Waals surface area contributed by atoms with Crippen molar-refractivity contribution in [3.05, 3.63) is 35.6 Å². The Kier molecular flexibility index (Phi) is 1.59. The van der Waals surface area contributed by atoms with Crippen LogP contribution in [0.1, 0.15) is 6.42 Å². The van der Waals surface area contributed by atoms with Gasteiger partial charge in [-0.1, -0.05) is 12.2 Å². The average molecular weight is 204 g/mol. The van der Waals surface area contributed by atoms with E-state index in [1.54, 1.807) is 6.08 Å². The molecule has 4 heteroatoms. The highest BCUT2D eigenvalue weighted by molar-refractivity contribution is 6.00. The van der Waals surface area contributed by atoms with Gasteiger partial charge < -0.3 is 9.47 Å². The molecule has 76 valence electrons. The Morgan fingerprint density at radius 1 is 1.27 bits per heavy atom. The Bertz CT molecular complexity index is 442. The van der Waals surface area contributed by atoms with Gasteiger partial charge in [0.2, 0.25) is 5.78 Å². The molecule has 0 saturated carbocycles. The lowest BCUT2D eigenvalue weighted by molar-refractivity contribution is -0.149. The molecule has 0 aromatic rings. The summed E-state index contributed by atoms with van der Waals surface area (Å²) in [7, 11) is 0. The van der Waals surface area contributed by atoms with Crippen LogP contribution in [0, 0.1) is 0 Å². The molecule has 1 saturated heterocycles. The summed E-state index contributed by atoms with van der Waals surface area (Å²) in [4.78, 5) is 22.9. The van der Waals surface area contributed by atoms with Crippen LogP contribution in [0.5, 0.6) is 0 Å². The van der Waals surface area contributed by atoms with Crippen LogP contribution >= 0.6 is 0 Å². The SMILES string of the molecule is O=C1CC2=CC3=CC=COC3C(=O)C2O1. The third kappa shape index (κ3) is 1.14. The number of fused-ring (bicyclic) bond motifs is 2. The van der Waals surface area contributed by atoms with Crippen molar-refractivity contribution in [2.75, 3.05) is 0 Å². The smallest absolute Gasteiger partial charge is 0.311 e. The Labute approximate surface area is 85.9 Å². The van der Waals surface area contributed by atoms with Crippen molar-refractivity contribution < 1.29 is 19.1 Å². The fraction of sp³-hybridized carbons (Fsp3) is 0.273. The Morgan fingerprint density at radius 2 is 2.13 bits per heavy atom. The quantitative estimate of drug-likeness (QED) is 0.543. The van der Waals surface area contributed by atoms with Gasteiger partial charge in [0.25, 0.3) is 0 Å². The van der Waals surface area contributed by atoms with Gasteiger partial charge in [-0.25, -0.2) is 0 Å². The van der Waals surface area contributed by atoms with Crippen LogP contribution in [0.25, 0.3) is 0 Å². The van der Waals surface area contributed by atoms with Gasteiger partial charge in [0.15, 0.2) is 12.2 Å². The van der Waals surface area contributed by atoms with E-state index in [-0.39, 0.29) is 18.2 Å². The molecule has 2 unspecified atom stereocenters. The second kappa shape index (κ2) is 2.82. The first-order valence-corrected chi connectivity index (χ1v) is 4.71. The monoisotopic (exact) mass is 204 g/mol. The predicted octanol–water partition coefficient (Wildman–Crippen LogP) is 0.650. The minimum absolute atomic E-state index is 0.186. The van der Waals surface area contributed by atoms with Gasteiger partial charge in [0.05, 0.1) is 12.7 Å². The van der Waals surface area contributed by atoms with Gasteiger partial charge in [-0.05, 0) is 11.6 Å². The normalized spacial score (nSPS) is 32.3. The molecule has 2 atom stereocenters. The summed E-state index contributed by atoms with van der Waals surface area (Å²) < 4.78 is 10.1. The molecule has 1 aliphatic carbocycles. The van der Waals surface area contributed by atoms with E-state index in [0.717, 1.165) is 11.1 Å². The van der Waals surface area contributed by atoms with Crippen molar-refractivity contribution in [1.82, 2.24) is 0 Å². The number of allylic oxidation sites excluding steroid dienone is 2. The van der Waals surface area contributed by atoms with E-state index in [2.05, 4.69) is 0 Å². The summed E-state index contributed by atoms with van der Waals surface area (Å²) in [5.41, 5.74) is 1.54. The van der Waals surface area contributed by atoms with Crippen molar-refractivity contribution in [1.29, 1.82) is 0 Å². The van der Waals surface area contributed by atoms with Gasteiger partial charge >= 0.3 is 5.97 Å². The number of carbonyl (C=O) groups is 2. The van der Waals surface area contributed by atoms with E-state index in [1.807, 2.05) is 12.2 Å². The van der Waals surface area contributed by atoms with E-state index < -0.39 is 12.2 Å². The molecule has 0 radical (unpaired) electrons. The zero-order chi connectivity index (χ0) is 10.4. The van der Waals surface area contributed by atoms with Crippen LogP contribution in [0.2, 0.25) is 0 Å². The molecule has 4 nitrogen and oxygen atoms in total. The molecular weight excluding hydrogens is 196 g/mol. The third-order valence-electron chi connectivity index (χ3n) is 2.69. The lowest BCUT2D eigenvalue weighted by Gasteiger charge is -2.26. The predicted molar refractivity (Wildman–Crippen MR) is 49.7 cm³/mol. The number of Topliss-reactive ketones (excluding diaryl/α,β-unsaturated/α-hetero) is 1. The molecule has 2 aliphatic heterocycles. The number of rotatable bonds is 0. The van der Waals surface area contributed by atoms with Crippen molar-refractivity contribution in [3.63, 3.8) is 0 Å². The largest absolute Gasteiger partial charge is 0.485 e. The third-order valence-corrected chi connectivity index (χ3v) is 2.69. The molecule has 0 bridgehead atoms. The molecule has 0 N–H and O–H groups in total. The van der Waals surface area contributed by atoms with Gasteiger partial charge in [0, 0.05) is 5.57 Å². The molecule has 3 rings (SSSR count). The van der Waals surface area contributed by atoms with E-state index in [1.165, 1.54) is 6.26 Å². The summed E-state index contributed by atoms with van der Waals surface area (Å²) in [6, 6.07) is 0. The van der Waals surface area contributed by atoms with Crippen molar-refractivity contribution in [3.8, 4) is 0 Å². The number of ketones is 1. The van der Waals surface area contributed by atoms with Crippen LogP contribution < -0.4 is 0 Å². The van der Waals surface area contributed by atoms with Gasteiger partial charge in [-0.2, -0.15) is 0 Å². The van der Waals surface area contributed by atoms with E-state index in [0.29, 0.717) is 0 Å². The number of ether oxygens (including phenoxy) is 2. The number of hydrogen-bond donors (Lipinski definition) is 0. The summed E-state index contributed by atoms with van der Waals surface area (Å²) in [6.45, 7) is 0. The van der Waals surface area contributed by atoms with Crippen LogP contribution in [-0.4, -0.2) is 24.0 Å². The van der Waals surface area contributed by atoms with Gasteiger partial charge in [-0.15, -0.1) is 0 Å². The highest BCUT2D eigenvalue weighted by Crippen LogP contribution is 2.33. The molecule has 0 aromatic heterocycles. The Hall–Kier alpha value is -1.84. The Balaban J connectivity index is 2.06. The standard InChI is InChI=1S/C11H8O4/c12-8-5-7-4-6-2-1-3-14-10(6)9(13)11(7)15-8/h1-4,10-11H,5H2. The second-order valence-electron chi connectivity index (χ2n) is 3.68.